The van der Waals surface area contributed by atoms with Gasteiger partial charge >= 0.3 is 0 Å². The monoisotopic (exact) mass is 268 g/mol. The minimum Gasteiger partial charge on any atom is -0.356 e. The molecule has 2 fully saturated rings. The number of ketones is 2. The summed E-state index contributed by atoms with van der Waals surface area (Å²) < 4.78 is 10.5. The van der Waals surface area contributed by atoms with Crippen molar-refractivity contribution in [2.75, 3.05) is 14.2 Å². The fourth-order valence-corrected chi connectivity index (χ4v) is 3.75. The fourth-order valence-electron chi connectivity index (χ4n) is 3.75. The predicted molar refractivity (Wildman–Crippen MR) is 70.6 cm³/mol. The molecule has 4 heteroatoms. The van der Waals surface area contributed by atoms with Crippen LogP contribution in [0.1, 0.15) is 44.9 Å². The van der Waals surface area contributed by atoms with E-state index in [0.29, 0.717) is 36.7 Å². The predicted octanol–water partition coefficient (Wildman–Crippen LogP) is 2.35. The van der Waals surface area contributed by atoms with Crippen molar-refractivity contribution in [1.29, 1.82) is 0 Å². The Balaban J connectivity index is 2.06. The van der Waals surface area contributed by atoms with E-state index >= 15 is 0 Å². The van der Waals surface area contributed by atoms with Crippen LogP contribution in [0.25, 0.3) is 0 Å². The molecule has 2 aliphatic carbocycles. The number of methoxy groups -OCH3 is 2. The van der Waals surface area contributed by atoms with Gasteiger partial charge in [-0.25, -0.2) is 0 Å². The van der Waals surface area contributed by atoms with Gasteiger partial charge in [-0.1, -0.05) is 0 Å². The molecule has 0 bridgehead atoms. The van der Waals surface area contributed by atoms with Gasteiger partial charge in [0.05, 0.1) is 0 Å². The summed E-state index contributed by atoms with van der Waals surface area (Å²) in [5.41, 5.74) is 0. The molecule has 108 valence electrons. The van der Waals surface area contributed by atoms with Gasteiger partial charge in [-0.05, 0) is 31.1 Å². The molecule has 0 N–H and O–H groups in total. The number of fused-ring (bicyclic) bond motifs is 1. The number of carbonyl (C=O) groups is 2. The Morgan fingerprint density at radius 2 is 1.89 bits per heavy atom. The second kappa shape index (κ2) is 6.62. The van der Waals surface area contributed by atoms with Crippen LogP contribution in [-0.4, -0.2) is 32.1 Å². The molecular formula is C15H24O4. The van der Waals surface area contributed by atoms with Crippen molar-refractivity contribution in [3.63, 3.8) is 0 Å². The Kier molecular flexibility index (Phi) is 5.11. The molecular weight excluding hydrogens is 244 g/mol. The van der Waals surface area contributed by atoms with E-state index in [1.807, 2.05) is 0 Å². The van der Waals surface area contributed by atoms with Gasteiger partial charge in [0.2, 0.25) is 0 Å². The first kappa shape index (κ1) is 14.7. The summed E-state index contributed by atoms with van der Waals surface area (Å²) in [6.45, 7) is 0. The highest BCUT2D eigenvalue weighted by molar-refractivity contribution is 5.86. The van der Waals surface area contributed by atoms with E-state index in [1.54, 1.807) is 14.2 Å². The van der Waals surface area contributed by atoms with Gasteiger partial charge in [-0.3, -0.25) is 9.59 Å². The van der Waals surface area contributed by atoms with Crippen LogP contribution in [0, 0.1) is 17.8 Å². The lowest BCUT2D eigenvalue weighted by Crippen LogP contribution is -2.31. The Morgan fingerprint density at radius 1 is 1.16 bits per heavy atom. The fraction of sp³-hybridized carbons (Fsp3) is 0.867. The Hall–Kier alpha value is -0.740. The van der Waals surface area contributed by atoms with E-state index in [-0.39, 0.29) is 18.1 Å². The van der Waals surface area contributed by atoms with Crippen molar-refractivity contribution in [2.45, 2.75) is 51.2 Å². The first-order chi connectivity index (χ1) is 9.15. The summed E-state index contributed by atoms with van der Waals surface area (Å²) in [5.74, 6) is 1.31. The van der Waals surface area contributed by atoms with Crippen LogP contribution < -0.4 is 0 Å². The van der Waals surface area contributed by atoms with Crippen molar-refractivity contribution in [1.82, 2.24) is 0 Å². The molecule has 0 heterocycles. The number of ether oxygens (including phenoxy) is 2. The Labute approximate surface area is 114 Å². The van der Waals surface area contributed by atoms with Gasteiger partial charge in [0.15, 0.2) is 6.29 Å². The van der Waals surface area contributed by atoms with E-state index in [9.17, 15) is 9.59 Å². The number of hydrogen-bond donors (Lipinski definition) is 0. The molecule has 0 aromatic heterocycles. The highest BCUT2D eigenvalue weighted by atomic mass is 16.7. The molecule has 4 nitrogen and oxygen atoms in total. The van der Waals surface area contributed by atoms with Crippen molar-refractivity contribution in [3.8, 4) is 0 Å². The Bertz CT molecular complexity index is 335. The quantitative estimate of drug-likeness (QED) is 0.734. The molecule has 0 aliphatic heterocycles. The molecule has 0 aromatic rings. The third kappa shape index (κ3) is 3.42. The molecule has 0 unspecified atom stereocenters. The van der Waals surface area contributed by atoms with Crippen molar-refractivity contribution in [3.05, 3.63) is 0 Å². The molecule has 0 radical (unpaired) electrons. The molecule has 0 spiro atoms. The zero-order valence-electron chi connectivity index (χ0n) is 11.9. The summed E-state index contributed by atoms with van der Waals surface area (Å²) in [4.78, 5) is 24.1. The molecule has 0 saturated heterocycles. The Morgan fingerprint density at radius 3 is 2.58 bits per heavy atom. The van der Waals surface area contributed by atoms with Gasteiger partial charge < -0.3 is 9.47 Å². The summed E-state index contributed by atoms with van der Waals surface area (Å²) in [6.07, 6.45) is 4.99. The van der Waals surface area contributed by atoms with Crippen LogP contribution >= 0.6 is 0 Å². The molecule has 0 amide bonds. The highest BCUT2D eigenvalue weighted by Gasteiger charge is 2.42. The normalized spacial score (nSPS) is 32.3. The van der Waals surface area contributed by atoms with Gasteiger partial charge in [0, 0.05) is 45.8 Å². The van der Waals surface area contributed by atoms with Crippen molar-refractivity contribution < 1.29 is 19.1 Å². The third-order valence-electron chi connectivity index (χ3n) is 4.69. The number of carbonyl (C=O) groups excluding carboxylic acids is 2. The SMILES string of the molecule is COC(C[C@H]1CC[C@@H]2CC(=O)CCCC(=O)[C@@H]21)OC. The number of rotatable bonds is 4. The molecule has 2 saturated carbocycles. The lowest BCUT2D eigenvalue weighted by atomic mass is 9.78. The smallest absolute Gasteiger partial charge is 0.157 e. The summed E-state index contributed by atoms with van der Waals surface area (Å²) in [7, 11) is 3.26. The maximum absolute atomic E-state index is 12.3. The van der Waals surface area contributed by atoms with E-state index in [4.69, 9.17) is 9.47 Å². The van der Waals surface area contributed by atoms with Crippen LogP contribution in [0.3, 0.4) is 0 Å². The van der Waals surface area contributed by atoms with Crippen molar-refractivity contribution in [2.24, 2.45) is 17.8 Å². The lowest BCUT2D eigenvalue weighted by molar-refractivity contribution is -0.133. The van der Waals surface area contributed by atoms with E-state index in [2.05, 4.69) is 0 Å². The summed E-state index contributed by atoms with van der Waals surface area (Å²) in [6, 6.07) is 0. The maximum atomic E-state index is 12.3. The van der Waals surface area contributed by atoms with Crippen LogP contribution in [0.15, 0.2) is 0 Å². The second-order valence-electron chi connectivity index (χ2n) is 5.82. The average Bonchev–Trinajstić information content (AvgIpc) is 2.76. The average molecular weight is 268 g/mol. The van der Waals surface area contributed by atoms with E-state index in [0.717, 1.165) is 25.7 Å². The van der Waals surface area contributed by atoms with Crippen LogP contribution in [0.2, 0.25) is 0 Å². The minimum atomic E-state index is -0.238. The number of hydrogen-bond acceptors (Lipinski definition) is 4. The molecule has 19 heavy (non-hydrogen) atoms. The topological polar surface area (TPSA) is 52.6 Å². The van der Waals surface area contributed by atoms with Crippen LogP contribution in [-0.2, 0) is 19.1 Å². The lowest BCUT2D eigenvalue weighted by Gasteiger charge is -2.27. The minimum absolute atomic E-state index is 0.0528. The molecule has 2 rings (SSSR count). The maximum Gasteiger partial charge on any atom is 0.157 e. The second-order valence-corrected chi connectivity index (χ2v) is 5.82. The third-order valence-corrected chi connectivity index (χ3v) is 4.69. The molecule has 2 aliphatic rings. The highest BCUT2D eigenvalue weighted by Crippen LogP contribution is 2.44. The standard InChI is InChI=1S/C15H24O4/c1-18-14(19-2)9-11-7-6-10-8-12(16)4-3-5-13(17)15(10)11/h10-11,14-15H,3-9H2,1-2H3/t10-,11-,15+/m1/s1. The first-order valence-electron chi connectivity index (χ1n) is 7.25. The van der Waals surface area contributed by atoms with Crippen LogP contribution in [0.5, 0.6) is 0 Å². The first-order valence-corrected chi connectivity index (χ1v) is 7.25. The zero-order valence-corrected chi connectivity index (χ0v) is 11.9. The van der Waals surface area contributed by atoms with Gasteiger partial charge in [-0.2, -0.15) is 0 Å². The largest absolute Gasteiger partial charge is 0.356 e. The van der Waals surface area contributed by atoms with Gasteiger partial charge in [0.25, 0.3) is 0 Å². The van der Waals surface area contributed by atoms with E-state index in [1.165, 1.54) is 0 Å². The van der Waals surface area contributed by atoms with Gasteiger partial charge in [-0.15, -0.1) is 0 Å². The summed E-state index contributed by atoms with van der Waals surface area (Å²) >= 11 is 0. The molecule has 3 atom stereocenters. The van der Waals surface area contributed by atoms with Crippen LogP contribution in [0.4, 0.5) is 0 Å². The van der Waals surface area contributed by atoms with E-state index < -0.39 is 0 Å². The molecule has 0 aromatic carbocycles. The zero-order chi connectivity index (χ0) is 13.8. The summed E-state index contributed by atoms with van der Waals surface area (Å²) in [5, 5.41) is 0. The number of Topliss-reactive ketones (excluding diaryl/α,β-unsaturated/α-hetero) is 2. The van der Waals surface area contributed by atoms with Crippen molar-refractivity contribution >= 4 is 11.6 Å². The van der Waals surface area contributed by atoms with Gasteiger partial charge in [0.1, 0.15) is 11.6 Å².